The van der Waals surface area contributed by atoms with E-state index in [0.29, 0.717) is 6.04 Å². The lowest BCUT2D eigenvalue weighted by Crippen LogP contribution is -2.52. The van der Waals surface area contributed by atoms with Crippen molar-refractivity contribution in [3.05, 3.63) is 0 Å². The first-order valence-corrected chi connectivity index (χ1v) is 6.41. The highest BCUT2D eigenvalue weighted by Gasteiger charge is 2.46. The molecule has 1 N–H and O–H groups in total. The molecule has 0 saturated heterocycles. The molecular weight excluding hydrogens is 184 g/mol. The van der Waals surface area contributed by atoms with Gasteiger partial charge in [-0.1, -0.05) is 25.7 Å². The van der Waals surface area contributed by atoms with Crippen LogP contribution in [0.15, 0.2) is 0 Å². The van der Waals surface area contributed by atoms with Gasteiger partial charge in [0.1, 0.15) is 0 Å². The summed E-state index contributed by atoms with van der Waals surface area (Å²) in [5, 5.41) is 12.8. The molecule has 2 rings (SSSR count). The van der Waals surface area contributed by atoms with E-state index in [1.54, 1.807) is 0 Å². The van der Waals surface area contributed by atoms with Crippen LogP contribution in [-0.4, -0.2) is 13.1 Å². The second kappa shape index (κ2) is 4.53. The maximum Gasteiger partial charge on any atom is 0.0729 e. The Labute approximate surface area is 93.0 Å². The molecule has 0 radical (unpaired) electrons. The fourth-order valence-corrected chi connectivity index (χ4v) is 3.48. The van der Waals surface area contributed by atoms with Crippen LogP contribution in [-0.2, 0) is 0 Å². The molecule has 2 heteroatoms. The molecular formula is C13H22N2. The minimum atomic E-state index is -0.0171. The van der Waals surface area contributed by atoms with Crippen LogP contribution in [0.1, 0.15) is 51.4 Å². The van der Waals surface area contributed by atoms with E-state index in [1.165, 1.54) is 38.5 Å². The van der Waals surface area contributed by atoms with Crippen molar-refractivity contribution in [2.24, 2.45) is 11.3 Å². The average molecular weight is 206 g/mol. The molecule has 2 fully saturated rings. The largest absolute Gasteiger partial charge is 0.315 e. The van der Waals surface area contributed by atoms with E-state index in [2.05, 4.69) is 11.4 Å². The zero-order chi connectivity index (χ0) is 10.7. The molecule has 1 atom stereocenters. The summed E-state index contributed by atoms with van der Waals surface area (Å²) in [6.45, 7) is 0. The summed E-state index contributed by atoms with van der Waals surface area (Å²) >= 11 is 0. The zero-order valence-corrected chi connectivity index (χ0v) is 9.76. The lowest BCUT2D eigenvalue weighted by atomic mass is 9.60. The molecule has 2 aliphatic carbocycles. The SMILES string of the molecule is CNC(C1CCCCC1)C1(C#N)CCC1. The Kier molecular flexibility index (Phi) is 3.31. The van der Waals surface area contributed by atoms with Crippen LogP contribution in [0, 0.1) is 22.7 Å². The van der Waals surface area contributed by atoms with Crippen LogP contribution in [0.25, 0.3) is 0 Å². The summed E-state index contributed by atoms with van der Waals surface area (Å²) < 4.78 is 0. The van der Waals surface area contributed by atoms with Crippen LogP contribution >= 0.6 is 0 Å². The third-order valence-corrected chi connectivity index (χ3v) is 4.50. The Morgan fingerprint density at radius 1 is 1.20 bits per heavy atom. The monoisotopic (exact) mass is 206 g/mol. The molecule has 84 valence electrons. The summed E-state index contributed by atoms with van der Waals surface area (Å²) in [5.74, 6) is 0.753. The van der Waals surface area contributed by atoms with Crippen LogP contribution < -0.4 is 5.32 Å². The van der Waals surface area contributed by atoms with Crippen molar-refractivity contribution in [3.8, 4) is 6.07 Å². The van der Waals surface area contributed by atoms with Gasteiger partial charge in [-0.3, -0.25) is 0 Å². The van der Waals surface area contributed by atoms with Gasteiger partial charge in [0.05, 0.1) is 11.5 Å². The molecule has 0 aromatic heterocycles. The number of rotatable bonds is 3. The Bertz CT molecular complexity index is 244. The highest BCUT2D eigenvalue weighted by atomic mass is 14.9. The first kappa shape index (κ1) is 11.0. The molecule has 1 unspecified atom stereocenters. The van der Waals surface area contributed by atoms with E-state index in [9.17, 15) is 5.26 Å². The van der Waals surface area contributed by atoms with Crippen molar-refractivity contribution < 1.29 is 0 Å². The van der Waals surface area contributed by atoms with Crippen LogP contribution in [0.2, 0.25) is 0 Å². The lowest BCUT2D eigenvalue weighted by Gasteiger charge is -2.46. The van der Waals surface area contributed by atoms with E-state index in [1.807, 2.05) is 7.05 Å². The van der Waals surface area contributed by atoms with Gasteiger partial charge in [-0.15, -0.1) is 0 Å². The molecule has 0 aromatic rings. The van der Waals surface area contributed by atoms with Crippen LogP contribution in [0.4, 0.5) is 0 Å². The van der Waals surface area contributed by atoms with Crippen LogP contribution in [0.5, 0.6) is 0 Å². The van der Waals surface area contributed by atoms with Crippen molar-refractivity contribution in [1.82, 2.24) is 5.32 Å². The van der Waals surface area contributed by atoms with Crippen molar-refractivity contribution in [2.45, 2.75) is 57.4 Å². The summed E-state index contributed by atoms with van der Waals surface area (Å²) in [6.07, 6.45) is 10.3. The third-order valence-electron chi connectivity index (χ3n) is 4.50. The smallest absolute Gasteiger partial charge is 0.0729 e. The summed E-state index contributed by atoms with van der Waals surface area (Å²) in [4.78, 5) is 0. The van der Waals surface area contributed by atoms with E-state index < -0.39 is 0 Å². The number of nitrogens with one attached hydrogen (secondary N) is 1. The molecule has 0 aromatic carbocycles. The van der Waals surface area contributed by atoms with Crippen molar-refractivity contribution in [2.75, 3.05) is 7.05 Å². The maximum absolute atomic E-state index is 9.38. The van der Waals surface area contributed by atoms with Gasteiger partial charge in [0.2, 0.25) is 0 Å². The number of hydrogen-bond acceptors (Lipinski definition) is 2. The zero-order valence-electron chi connectivity index (χ0n) is 9.76. The van der Waals surface area contributed by atoms with Crippen molar-refractivity contribution >= 4 is 0 Å². The number of hydrogen-bond donors (Lipinski definition) is 1. The molecule has 15 heavy (non-hydrogen) atoms. The number of nitriles is 1. The average Bonchev–Trinajstić information content (AvgIpc) is 2.24. The Hall–Kier alpha value is -0.550. The van der Waals surface area contributed by atoms with E-state index in [-0.39, 0.29) is 5.41 Å². The highest BCUT2D eigenvalue weighted by Crippen LogP contribution is 2.47. The molecule has 2 aliphatic rings. The molecule has 2 nitrogen and oxygen atoms in total. The van der Waals surface area contributed by atoms with Gasteiger partial charge in [0.25, 0.3) is 0 Å². The normalized spacial score (nSPS) is 27.7. The predicted molar refractivity (Wildman–Crippen MR) is 61.3 cm³/mol. The predicted octanol–water partition coefficient (Wildman–Crippen LogP) is 2.85. The topological polar surface area (TPSA) is 35.8 Å². The van der Waals surface area contributed by atoms with Gasteiger partial charge in [0, 0.05) is 6.04 Å². The Morgan fingerprint density at radius 3 is 2.27 bits per heavy atom. The quantitative estimate of drug-likeness (QED) is 0.770. The van der Waals surface area contributed by atoms with Gasteiger partial charge in [-0.25, -0.2) is 0 Å². The maximum atomic E-state index is 9.38. The summed E-state index contributed by atoms with van der Waals surface area (Å²) in [5.41, 5.74) is -0.0171. The minimum Gasteiger partial charge on any atom is -0.315 e. The van der Waals surface area contributed by atoms with Gasteiger partial charge in [-0.2, -0.15) is 5.26 Å². The standard InChI is InChI=1S/C13H22N2/c1-15-12(11-6-3-2-4-7-11)13(10-14)8-5-9-13/h11-12,15H,2-9H2,1H3. The summed E-state index contributed by atoms with van der Waals surface area (Å²) in [6, 6.07) is 3.06. The first-order chi connectivity index (χ1) is 7.32. The molecule has 0 amide bonds. The summed E-state index contributed by atoms with van der Waals surface area (Å²) in [7, 11) is 2.04. The van der Waals surface area contributed by atoms with E-state index in [0.717, 1.165) is 18.8 Å². The fourth-order valence-electron chi connectivity index (χ4n) is 3.48. The molecule has 0 bridgehead atoms. The second-order valence-electron chi connectivity index (χ2n) is 5.29. The van der Waals surface area contributed by atoms with Gasteiger partial charge < -0.3 is 5.32 Å². The van der Waals surface area contributed by atoms with E-state index in [4.69, 9.17) is 0 Å². The molecule has 0 aliphatic heterocycles. The Morgan fingerprint density at radius 2 is 1.87 bits per heavy atom. The molecule has 2 saturated carbocycles. The van der Waals surface area contributed by atoms with Crippen molar-refractivity contribution in [1.29, 1.82) is 5.26 Å². The van der Waals surface area contributed by atoms with Gasteiger partial charge in [-0.05, 0) is 38.6 Å². The third kappa shape index (κ3) is 1.90. The van der Waals surface area contributed by atoms with Gasteiger partial charge >= 0.3 is 0 Å². The van der Waals surface area contributed by atoms with Gasteiger partial charge in [0.15, 0.2) is 0 Å². The van der Waals surface area contributed by atoms with E-state index >= 15 is 0 Å². The molecule has 0 spiro atoms. The first-order valence-electron chi connectivity index (χ1n) is 6.41. The minimum absolute atomic E-state index is 0.0171. The lowest BCUT2D eigenvalue weighted by molar-refractivity contribution is 0.0897. The number of nitrogens with zero attached hydrogens (tertiary/aromatic N) is 1. The van der Waals surface area contributed by atoms with Crippen molar-refractivity contribution in [3.63, 3.8) is 0 Å². The second-order valence-corrected chi connectivity index (χ2v) is 5.29. The Balaban J connectivity index is 2.05. The fraction of sp³-hybridized carbons (Fsp3) is 0.923. The highest BCUT2D eigenvalue weighted by molar-refractivity contribution is 5.12. The molecule has 0 heterocycles. The van der Waals surface area contributed by atoms with Crippen LogP contribution in [0.3, 0.4) is 0 Å².